The van der Waals surface area contributed by atoms with Gasteiger partial charge >= 0.3 is 0 Å². The Labute approximate surface area is 132 Å². The van der Waals surface area contributed by atoms with Gasteiger partial charge in [-0.2, -0.15) is 0 Å². The van der Waals surface area contributed by atoms with E-state index < -0.39 is 0 Å². The molecule has 1 heterocycles. The van der Waals surface area contributed by atoms with Gasteiger partial charge in [0, 0.05) is 19.6 Å². The van der Waals surface area contributed by atoms with Crippen molar-refractivity contribution in [1.29, 1.82) is 0 Å². The molecule has 0 spiro atoms. The molecule has 0 radical (unpaired) electrons. The van der Waals surface area contributed by atoms with Crippen LogP contribution < -0.4 is 21.5 Å². The Hall–Kier alpha value is -1.14. The Kier molecular flexibility index (Phi) is 8.30. The van der Waals surface area contributed by atoms with Crippen molar-refractivity contribution < 1.29 is 4.79 Å². The molecular formula is C15H25ClN4O. The summed E-state index contributed by atoms with van der Waals surface area (Å²) in [6, 6.07) is 10.1. The van der Waals surface area contributed by atoms with Gasteiger partial charge in [-0.05, 0) is 18.5 Å². The first kappa shape index (κ1) is 17.9. The number of halogens is 1. The van der Waals surface area contributed by atoms with Crippen molar-refractivity contribution in [3.63, 3.8) is 0 Å². The Bertz CT molecular complexity index is 415. The second kappa shape index (κ2) is 9.73. The molecule has 6 heteroatoms. The van der Waals surface area contributed by atoms with E-state index in [2.05, 4.69) is 28.4 Å². The van der Waals surface area contributed by atoms with Crippen molar-refractivity contribution in [2.45, 2.75) is 19.4 Å². The van der Waals surface area contributed by atoms with Crippen molar-refractivity contribution in [2.75, 3.05) is 26.2 Å². The lowest BCUT2D eigenvalue weighted by Gasteiger charge is -2.18. The van der Waals surface area contributed by atoms with Crippen LogP contribution in [-0.2, 0) is 4.79 Å². The standard InChI is InChI=1S/C15H24N4O.ClH/c1-2-8-16-9-10-17-15(20)13-11-18-19-14(13)12-6-4-3-5-7-12;/h3-7,13-14,16,18-19H,2,8-11H2,1H3,(H,17,20);1H. The second-order valence-corrected chi connectivity index (χ2v) is 5.06. The van der Waals surface area contributed by atoms with Gasteiger partial charge in [-0.25, -0.2) is 5.43 Å². The van der Waals surface area contributed by atoms with E-state index in [0.717, 1.165) is 25.1 Å². The van der Waals surface area contributed by atoms with E-state index in [1.165, 1.54) is 0 Å². The molecule has 0 saturated carbocycles. The lowest BCUT2D eigenvalue weighted by molar-refractivity contribution is -0.124. The van der Waals surface area contributed by atoms with Crippen molar-refractivity contribution in [1.82, 2.24) is 21.5 Å². The molecule has 2 unspecified atom stereocenters. The molecule has 5 nitrogen and oxygen atoms in total. The van der Waals surface area contributed by atoms with Gasteiger partial charge in [-0.1, -0.05) is 37.3 Å². The molecule has 2 rings (SSSR count). The molecule has 1 aliphatic heterocycles. The van der Waals surface area contributed by atoms with E-state index in [1.54, 1.807) is 0 Å². The van der Waals surface area contributed by atoms with Gasteiger partial charge < -0.3 is 10.6 Å². The minimum atomic E-state index is -0.0661. The predicted molar refractivity (Wildman–Crippen MR) is 87.2 cm³/mol. The molecule has 4 N–H and O–H groups in total. The molecular weight excluding hydrogens is 288 g/mol. The normalized spacial score (nSPS) is 20.8. The zero-order chi connectivity index (χ0) is 14.2. The van der Waals surface area contributed by atoms with Crippen LogP contribution in [0.15, 0.2) is 30.3 Å². The smallest absolute Gasteiger partial charge is 0.226 e. The van der Waals surface area contributed by atoms with Crippen LogP contribution in [0.3, 0.4) is 0 Å². The molecule has 0 aliphatic carbocycles. The summed E-state index contributed by atoms with van der Waals surface area (Å²) < 4.78 is 0. The number of hydrogen-bond donors (Lipinski definition) is 4. The van der Waals surface area contributed by atoms with Gasteiger partial charge in [-0.3, -0.25) is 10.2 Å². The first-order valence-corrected chi connectivity index (χ1v) is 7.34. The maximum absolute atomic E-state index is 12.2. The highest BCUT2D eigenvalue weighted by molar-refractivity contribution is 5.85. The molecule has 1 aromatic carbocycles. The summed E-state index contributed by atoms with van der Waals surface area (Å²) in [6.07, 6.45) is 1.11. The van der Waals surface area contributed by atoms with Crippen molar-refractivity contribution in [3.05, 3.63) is 35.9 Å². The van der Waals surface area contributed by atoms with Crippen LogP contribution in [0.25, 0.3) is 0 Å². The van der Waals surface area contributed by atoms with Crippen LogP contribution in [0.2, 0.25) is 0 Å². The minimum Gasteiger partial charge on any atom is -0.354 e. The SMILES string of the molecule is CCCNCCNC(=O)C1CNNC1c1ccccc1.Cl. The fraction of sp³-hybridized carbons (Fsp3) is 0.533. The van der Waals surface area contributed by atoms with Crippen LogP contribution in [0, 0.1) is 5.92 Å². The Balaban J connectivity index is 0.00000220. The van der Waals surface area contributed by atoms with E-state index in [1.807, 2.05) is 30.3 Å². The second-order valence-electron chi connectivity index (χ2n) is 5.06. The summed E-state index contributed by atoms with van der Waals surface area (Å²) in [6.45, 7) is 5.29. The van der Waals surface area contributed by atoms with Crippen LogP contribution in [0.4, 0.5) is 0 Å². The highest BCUT2D eigenvalue weighted by Gasteiger charge is 2.33. The van der Waals surface area contributed by atoms with Crippen LogP contribution in [-0.4, -0.2) is 32.1 Å². The maximum Gasteiger partial charge on any atom is 0.226 e. The number of nitrogens with one attached hydrogen (secondary N) is 4. The molecule has 1 aliphatic rings. The molecule has 0 bridgehead atoms. The molecule has 118 valence electrons. The summed E-state index contributed by atoms with van der Waals surface area (Å²) in [7, 11) is 0. The highest BCUT2D eigenvalue weighted by atomic mass is 35.5. The topological polar surface area (TPSA) is 65.2 Å². The maximum atomic E-state index is 12.2. The summed E-state index contributed by atoms with van der Waals surface area (Å²) in [4.78, 5) is 12.2. The van der Waals surface area contributed by atoms with E-state index in [0.29, 0.717) is 13.1 Å². The lowest BCUT2D eigenvalue weighted by atomic mass is 9.94. The zero-order valence-electron chi connectivity index (χ0n) is 12.4. The number of hydrogen-bond acceptors (Lipinski definition) is 4. The highest BCUT2D eigenvalue weighted by Crippen LogP contribution is 2.24. The fourth-order valence-electron chi connectivity index (χ4n) is 2.42. The first-order chi connectivity index (χ1) is 9.83. The molecule has 1 aromatic rings. The lowest BCUT2D eigenvalue weighted by Crippen LogP contribution is -2.38. The molecule has 1 saturated heterocycles. The van der Waals surface area contributed by atoms with Crippen LogP contribution in [0.1, 0.15) is 24.9 Å². The van der Waals surface area contributed by atoms with Crippen LogP contribution in [0.5, 0.6) is 0 Å². The summed E-state index contributed by atoms with van der Waals surface area (Å²) >= 11 is 0. The largest absolute Gasteiger partial charge is 0.354 e. The zero-order valence-corrected chi connectivity index (χ0v) is 13.2. The molecule has 0 aromatic heterocycles. The van der Waals surface area contributed by atoms with E-state index in [4.69, 9.17) is 0 Å². The number of carbonyl (C=O) groups is 1. The third-order valence-electron chi connectivity index (χ3n) is 3.51. The third kappa shape index (κ3) is 5.28. The van der Waals surface area contributed by atoms with Gasteiger partial charge in [0.15, 0.2) is 0 Å². The quantitative estimate of drug-likeness (QED) is 0.567. The number of hydrazine groups is 1. The van der Waals surface area contributed by atoms with E-state index in [-0.39, 0.29) is 30.3 Å². The number of amides is 1. The summed E-state index contributed by atoms with van der Waals surface area (Å²) in [5.41, 5.74) is 7.41. The molecule has 1 fully saturated rings. The molecule has 2 atom stereocenters. The number of benzene rings is 1. The Morgan fingerprint density at radius 3 is 2.71 bits per heavy atom. The number of carbonyl (C=O) groups excluding carboxylic acids is 1. The van der Waals surface area contributed by atoms with E-state index in [9.17, 15) is 4.79 Å². The van der Waals surface area contributed by atoms with Crippen molar-refractivity contribution in [2.24, 2.45) is 5.92 Å². The molecule has 1 amide bonds. The van der Waals surface area contributed by atoms with Crippen molar-refractivity contribution in [3.8, 4) is 0 Å². The van der Waals surface area contributed by atoms with Gasteiger partial charge in [0.25, 0.3) is 0 Å². The number of rotatable bonds is 7. The Morgan fingerprint density at radius 1 is 1.24 bits per heavy atom. The van der Waals surface area contributed by atoms with Gasteiger partial charge in [0.2, 0.25) is 5.91 Å². The average Bonchev–Trinajstić information content (AvgIpc) is 2.97. The molecule has 21 heavy (non-hydrogen) atoms. The first-order valence-electron chi connectivity index (χ1n) is 7.34. The Morgan fingerprint density at radius 2 is 2.00 bits per heavy atom. The van der Waals surface area contributed by atoms with Crippen LogP contribution >= 0.6 is 12.4 Å². The van der Waals surface area contributed by atoms with Crippen molar-refractivity contribution >= 4 is 18.3 Å². The fourth-order valence-corrected chi connectivity index (χ4v) is 2.42. The van der Waals surface area contributed by atoms with E-state index >= 15 is 0 Å². The summed E-state index contributed by atoms with van der Waals surface area (Å²) in [5, 5.41) is 6.28. The third-order valence-corrected chi connectivity index (χ3v) is 3.51. The van der Waals surface area contributed by atoms with Gasteiger partial charge in [-0.15, -0.1) is 12.4 Å². The predicted octanol–water partition coefficient (Wildman–Crippen LogP) is 0.989. The average molecular weight is 313 g/mol. The summed E-state index contributed by atoms with van der Waals surface area (Å²) in [5.74, 6) is 0.0400. The minimum absolute atomic E-state index is 0. The van der Waals surface area contributed by atoms with Gasteiger partial charge in [0.1, 0.15) is 0 Å². The monoisotopic (exact) mass is 312 g/mol. The van der Waals surface area contributed by atoms with Gasteiger partial charge in [0.05, 0.1) is 12.0 Å².